The summed E-state index contributed by atoms with van der Waals surface area (Å²) in [5, 5.41) is 12.8. The van der Waals surface area contributed by atoms with Gasteiger partial charge >= 0.3 is 5.97 Å². The molecule has 0 bridgehead atoms. The molecule has 1 heterocycles. The van der Waals surface area contributed by atoms with E-state index in [9.17, 15) is 18.0 Å². The third-order valence-corrected chi connectivity index (χ3v) is 5.39. The van der Waals surface area contributed by atoms with Crippen molar-refractivity contribution in [3.8, 4) is 0 Å². The molecule has 20 heavy (non-hydrogen) atoms. The Bertz CT molecular complexity index is 616. The molecule has 8 heteroatoms. The van der Waals surface area contributed by atoms with Gasteiger partial charge < -0.3 is 10.4 Å². The quantitative estimate of drug-likeness (QED) is 0.828. The molecule has 0 unspecified atom stereocenters. The van der Waals surface area contributed by atoms with Crippen molar-refractivity contribution < 1.29 is 23.1 Å². The van der Waals surface area contributed by atoms with E-state index in [0.29, 0.717) is 0 Å². The van der Waals surface area contributed by atoms with Crippen LogP contribution in [0.3, 0.4) is 0 Å². The molecular formula is C12H17NO5S2. The average Bonchev–Trinajstić information content (AvgIpc) is 2.74. The molecule has 0 aliphatic rings. The Labute approximate surface area is 121 Å². The first-order valence-electron chi connectivity index (χ1n) is 5.84. The number of hydrogen-bond donors (Lipinski definition) is 2. The number of carboxylic acids is 1. The fourth-order valence-corrected chi connectivity index (χ4v) is 3.29. The lowest BCUT2D eigenvalue weighted by molar-refractivity contribution is -0.137. The number of aliphatic carboxylic acids is 1. The maximum atomic E-state index is 12.0. The van der Waals surface area contributed by atoms with Crippen LogP contribution >= 0.6 is 11.3 Å². The number of carbonyl (C=O) groups excluding carboxylic acids is 1. The smallest absolute Gasteiger partial charge is 0.303 e. The lowest BCUT2D eigenvalue weighted by Gasteiger charge is -2.25. The fourth-order valence-electron chi connectivity index (χ4n) is 1.49. The molecule has 6 nitrogen and oxygen atoms in total. The molecule has 0 aliphatic heterocycles. The van der Waals surface area contributed by atoms with Crippen molar-refractivity contribution in [1.29, 1.82) is 0 Å². The highest BCUT2D eigenvalue weighted by molar-refractivity contribution is 7.92. The molecule has 1 aromatic rings. The SMILES string of the molecule is CC(C)(CCC(=O)O)NC(=O)c1csc(S(C)(=O)=O)c1. The van der Waals surface area contributed by atoms with E-state index in [0.717, 1.165) is 17.6 Å². The molecule has 0 saturated carbocycles. The zero-order valence-electron chi connectivity index (χ0n) is 11.5. The van der Waals surface area contributed by atoms with Crippen molar-refractivity contribution in [3.05, 3.63) is 17.0 Å². The molecule has 1 aromatic heterocycles. The normalized spacial score (nSPS) is 12.2. The summed E-state index contributed by atoms with van der Waals surface area (Å²) in [6.45, 7) is 3.44. The maximum Gasteiger partial charge on any atom is 0.303 e. The van der Waals surface area contributed by atoms with Gasteiger partial charge in [-0.3, -0.25) is 9.59 Å². The van der Waals surface area contributed by atoms with Gasteiger partial charge in [0, 0.05) is 23.6 Å². The van der Waals surface area contributed by atoms with Crippen LogP contribution < -0.4 is 5.32 Å². The number of nitrogens with one attached hydrogen (secondary N) is 1. The summed E-state index contributed by atoms with van der Waals surface area (Å²) >= 11 is 0.986. The van der Waals surface area contributed by atoms with Crippen LogP contribution in [0.15, 0.2) is 15.7 Å². The van der Waals surface area contributed by atoms with Crippen LogP contribution in [0.1, 0.15) is 37.0 Å². The van der Waals surface area contributed by atoms with Crippen molar-refractivity contribution >= 4 is 33.1 Å². The topological polar surface area (TPSA) is 101 Å². The second kappa shape index (κ2) is 5.92. The predicted molar refractivity (Wildman–Crippen MR) is 75.8 cm³/mol. The summed E-state index contributed by atoms with van der Waals surface area (Å²) in [4.78, 5) is 22.5. The Hall–Kier alpha value is -1.41. The van der Waals surface area contributed by atoms with E-state index in [4.69, 9.17) is 5.11 Å². The Kier molecular flexibility index (Phi) is 4.93. The number of rotatable bonds is 6. The molecule has 1 amide bonds. The molecule has 1 rings (SSSR count). The summed E-state index contributed by atoms with van der Waals surface area (Å²) in [6.07, 6.45) is 1.32. The first-order chi connectivity index (χ1) is 9.01. The van der Waals surface area contributed by atoms with Gasteiger partial charge in [0.1, 0.15) is 4.21 Å². The van der Waals surface area contributed by atoms with Crippen molar-refractivity contribution in [2.75, 3.05) is 6.26 Å². The minimum absolute atomic E-state index is 0.0501. The number of thiophene rings is 1. The van der Waals surface area contributed by atoms with Crippen molar-refractivity contribution in [3.63, 3.8) is 0 Å². The average molecular weight is 319 g/mol. The monoisotopic (exact) mass is 319 g/mol. The molecule has 0 aromatic carbocycles. The maximum absolute atomic E-state index is 12.0. The van der Waals surface area contributed by atoms with Crippen molar-refractivity contribution in [2.24, 2.45) is 0 Å². The van der Waals surface area contributed by atoms with Crippen LogP contribution in [-0.4, -0.2) is 37.2 Å². The zero-order chi connectivity index (χ0) is 15.6. The molecule has 0 radical (unpaired) electrons. The van der Waals surface area contributed by atoms with Crippen LogP contribution in [0.2, 0.25) is 0 Å². The van der Waals surface area contributed by atoms with E-state index in [1.165, 1.54) is 11.4 Å². The molecular weight excluding hydrogens is 302 g/mol. The Morgan fingerprint density at radius 2 is 2.00 bits per heavy atom. The van der Waals surface area contributed by atoms with Gasteiger partial charge in [-0.2, -0.15) is 0 Å². The van der Waals surface area contributed by atoms with E-state index in [1.54, 1.807) is 13.8 Å². The second-order valence-corrected chi connectivity index (χ2v) is 8.31. The number of carbonyl (C=O) groups is 2. The van der Waals surface area contributed by atoms with Crippen molar-refractivity contribution in [2.45, 2.75) is 36.4 Å². The van der Waals surface area contributed by atoms with Gasteiger partial charge in [0.2, 0.25) is 0 Å². The Balaban J connectivity index is 2.76. The van der Waals surface area contributed by atoms with E-state index in [2.05, 4.69) is 5.32 Å². The molecule has 0 atom stereocenters. The number of amides is 1. The minimum Gasteiger partial charge on any atom is -0.481 e. The highest BCUT2D eigenvalue weighted by Crippen LogP contribution is 2.21. The summed E-state index contributed by atoms with van der Waals surface area (Å²) < 4.78 is 22.8. The Morgan fingerprint density at radius 1 is 1.40 bits per heavy atom. The van der Waals surface area contributed by atoms with Crippen molar-refractivity contribution in [1.82, 2.24) is 5.32 Å². The van der Waals surface area contributed by atoms with Crippen LogP contribution in [-0.2, 0) is 14.6 Å². The summed E-state index contributed by atoms with van der Waals surface area (Å²) in [5.74, 6) is -1.34. The van der Waals surface area contributed by atoms with Gasteiger partial charge in [0.25, 0.3) is 5.91 Å². The molecule has 0 spiro atoms. The van der Waals surface area contributed by atoms with E-state index in [1.807, 2.05) is 0 Å². The lowest BCUT2D eigenvalue weighted by atomic mass is 9.98. The third-order valence-electron chi connectivity index (χ3n) is 2.62. The first-order valence-corrected chi connectivity index (χ1v) is 8.61. The number of carboxylic acid groups (broad SMARTS) is 1. The highest BCUT2D eigenvalue weighted by Gasteiger charge is 2.23. The van der Waals surface area contributed by atoms with Gasteiger partial charge in [-0.1, -0.05) is 0 Å². The van der Waals surface area contributed by atoms with Crippen LogP contribution in [0, 0.1) is 0 Å². The summed E-state index contributed by atoms with van der Waals surface area (Å²) in [5.41, 5.74) is -0.415. The van der Waals surface area contributed by atoms with Crippen LogP contribution in [0.25, 0.3) is 0 Å². The number of sulfone groups is 1. The van der Waals surface area contributed by atoms with Gasteiger partial charge in [0.15, 0.2) is 9.84 Å². The van der Waals surface area contributed by atoms with Crippen LogP contribution in [0.4, 0.5) is 0 Å². The predicted octanol–water partition coefficient (Wildman–Crippen LogP) is 1.52. The third kappa shape index (κ3) is 4.93. The molecule has 0 fully saturated rings. The fraction of sp³-hybridized carbons (Fsp3) is 0.500. The molecule has 2 N–H and O–H groups in total. The second-order valence-electron chi connectivity index (χ2n) is 5.16. The lowest BCUT2D eigenvalue weighted by Crippen LogP contribution is -2.43. The van der Waals surface area contributed by atoms with Gasteiger partial charge in [0.05, 0.1) is 5.56 Å². The van der Waals surface area contributed by atoms with E-state index >= 15 is 0 Å². The largest absolute Gasteiger partial charge is 0.481 e. The van der Waals surface area contributed by atoms with Gasteiger partial charge in [-0.15, -0.1) is 11.3 Å². The highest BCUT2D eigenvalue weighted by atomic mass is 32.2. The Morgan fingerprint density at radius 3 is 2.45 bits per heavy atom. The van der Waals surface area contributed by atoms with E-state index < -0.39 is 27.3 Å². The van der Waals surface area contributed by atoms with Crippen LogP contribution in [0.5, 0.6) is 0 Å². The first kappa shape index (κ1) is 16.6. The van der Waals surface area contributed by atoms with E-state index in [-0.39, 0.29) is 22.6 Å². The summed E-state index contributed by atoms with van der Waals surface area (Å²) in [7, 11) is -3.32. The molecule has 0 saturated heterocycles. The molecule has 112 valence electrons. The minimum atomic E-state index is -3.32. The summed E-state index contributed by atoms with van der Waals surface area (Å²) in [6, 6.07) is 1.32. The van der Waals surface area contributed by atoms with Gasteiger partial charge in [-0.25, -0.2) is 8.42 Å². The zero-order valence-corrected chi connectivity index (χ0v) is 13.1. The molecule has 0 aliphatic carbocycles. The standard InChI is InChI=1S/C12H17NO5S2/c1-12(2,5-4-9(14)15)13-11(16)8-6-10(19-7-8)20(3,17)18/h6-7H,4-5H2,1-3H3,(H,13,16)(H,14,15). The van der Waals surface area contributed by atoms with Gasteiger partial charge in [-0.05, 0) is 26.3 Å². The number of hydrogen-bond acceptors (Lipinski definition) is 5.